The molecule has 0 spiro atoms. The number of amides is 1. The van der Waals surface area contributed by atoms with Gasteiger partial charge in [0.05, 0.1) is 4.90 Å². The van der Waals surface area contributed by atoms with Crippen molar-refractivity contribution in [3.8, 4) is 0 Å². The van der Waals surface area contributed by atoms with Crippen LogP contribution in [0.3, 0.4) is 0 Å². The summed E-state index contributed by atoms with van der Waals surface area (Å²) in [5.74, 6) is -0.246. The highest BCUT2D eigenvalue weighted by molar-refractivity contribution is 7.89. The Hall–Kier alpha value is -2.38. The summed E-state index contributed by atoms with van der Waals surface area (Å²) in [4.78, 5) is 12.5. The van der Waals surface area contributed by atoms with Gasteiger partial charge < -0.3 is 10.6 Å². The van der Waals surface area contributed by atoms with Crippen molar-refractivity contribution in [1.29, 1.82) is 0 Å². The molecule has 6 nitrogen and oxygen atoms in total. The first kappa shape index (κ1) is 19.9. The molecule has 1 atom stereocenters. The van der Waals surface area contributed by atoms with Crippen molar-refractivity contribution in [3.05, 3.63) is 54.1 Å². The van der Waals surface area contributed by atoms with Gasteiger partial charge in [-0.05, 0) is 49.2 Å². The van der Waals surface area contributed by atoms with Crippen molar-refractivity contribution >= 4 is 27.3 Å². The van der Waals surface area contributed by atoms with Crippen LogP contribution in [0.4, 0.5) is 11.4 Å². The van der Waals surface area contributed by atoms with Gasteiger partial charge in [-0.3, -0.25) is 4.79 Å². The average molecular weight is 375 g/mol. The van der Waals surface area contributed by atoms with Crippen LogP contribution in [0.5, 0.6) is 0 Å². The van der Waals surface area contributed by atoms with Crippen LogP contribution in [-0.2, 0) is 21.2 Å². The molecule has 140 valence electrons. The quantitative estimate of drug-likeness (QED) is 0.780. The molecule has 0 heterocycles. The number of carbonyl (C=O) groups is 1. The molecule has 0 saturated heterocycles. The molecule has 0 aliphatic rings. The normalized spacial score (nSPS) is 12.7. The Morgan fingerprint density at radius 2 is 1.73 bits per heavy atom. The van der Waals surface area contributed by atoms with E-state index in [1.165, 1.54) is 31.8 Å². The van der Waals surface area contributed by atoms with Gasteiger partial charge in [0, 0.05) is 25.5 Å². The van der Waals surface area contributed by atoms with E-state index >= 15 is 0 Å². The summed E-state index contributed by atoms with van der Waals surface area (Å²) in [6.45, 7) is 3.84. The molecule has 0 fully saturated rings. The lowest BCUT2D eigenvalue weighted by atomic mass is 10.1. The zero-order chi connectivity index (χ0) is 19.3. The number of benzene rings is 2. The third-order valence-electron chi connectivity index (χ3n) is 4.02. The van der Waals surface area contributed by atoms with Crippen LogP contribution in [0.1, 0.15) is 19.4 Å². The van der Waals surface area contributed by atoms with Crippen LogP contribution >= 0.6 is 0 Å². The lowest BCUT2D eigenvalue weighted by molar-refractivity contribution is -0.116. The number of hydrogen-bond donors (Lipinski definition) is 2. The second-order valence-corrected chi connectivity index (χ2v) is 8.37. The maximum atomic E-state index is 12.4. The van der Waals surface area contributed by atoms with Crippen LogP contribution in [0.25, 0.3) is 0 Å². The van der Waals surface area contributed by atoms with Crippen molar-refractivity contribution in [3.63, 3.8) is 0 Å². The number of rotatable bonds is 7. The first-order valence-corrected chi connectivity index (χ1v) is 9.87. The van der Waals surface area contributed by atoms with Gasteiger partial charge in [-0.1, -0.05) is 25.1 Å². The maximum Gasteiger partial charge on any atom is 0.246 e. The van der Waals surface area contributed by atoms with Crippen LogP contribution < -0.4 is 10.6 Å². The third kappa shape index (κ3) is 4.83. The van der Waals surface area contributed by atoms with Gasteiger partial charge in [0.25, 0.3) is 0 Å². The summed E-state index contributed by atoms with van der Waals surface area (Å²) in [5.41, 5.74) is 2.52. The minimum Gasteiger partial charge on any atom is -0.374 e. The molecule has 1 amide bonds. The first-order chi connectivity index (χ1) is 12.2. The minimum atomic E-state index is -3.54. The van der Waals surface area contributed by atoms with Gasteiger partial charge in [0.2, 0.25) is 15.9 Å². The molecule has 0 saturated carbocycles. The molecule has 7 heteroatoms. The average Bonchev–Trinajstić information content (AvgIpc) is 2.62. The summed E-state index contributed by atoms with van der Waals surface area (Å²) in [5, 5.41) is 5.89. The van der Waals surface area contributed by atoms with Crippen molar-refractivity contribution in [1.82, 2.24) is 4.31 Å². The topological polar surface area (TPSA) is 78.5 Å². The van der Waals surface area contributed by atoms with E-state index in [2.05, 4.69) is 17.6 Å². The van der Waals surface area contributed by atoms with Crippen LogP contribution in [0.2, 0.25) is 0 Å². The maximum absolute atomic E-state index is 12.4. The third-order valence-corrected chi connectivity index (χ3v) is 5.83. The number of carbonyl (C=O) groups excluding carboxylic acids is 1. The second kappa shape index (κ2) is 8.33. The molecule has 2 rings (SSSR count). The highest BCUT2D eigenvalue weighted by Gasteiger charge is 2.18. The summed E-state index contributed by atoms with van der Waals surface area (Å²) >= 11 is 0. The Bertz CT molecular complexity index is 862. The SMILES string of the molecule is CCc1ccc(N[C@H](C)C(=O)Nc2cccc(S(=O)(=O)N(C)C)c2)cc1. The number of aryl methyl sites for hydroxylation is 1. The van der Waals surface area contributed by atoms with Gasteiger partial charge in [-0.15, -0.1) is 0 Å². The Morgan fingerprint density at radius 1 is 1.08 bits per heavy atom. The van der Waals surface area contributed by atoms with E-state index in [4.69, 9.17) is 0 Å². The largest absolute Gasteiger partial charge is 0.374 e. The molecule has 0 unspecified atom stereocenters. The van der Waals surface area contributed by atoms with Gasteiger partial charge in [0.15, 0.2) is 0 Å². The van der Waals surface area contributed by atoms with Gasteiger partial charge in [0.1, 0.15) is 6.04 Å². The van der Waals surface area contributed by atoms with E-state index in [9.17, 15) is 13.2 Å². The fourth-order valence-electron chi connectivity index (χ4n) is 2.35. The highest BCUT2D eigenvalue weighted by atomic mass is 32.2. The van der Waals surface area contributed by atoms with Crippen LogP contribution in [0, 0.1) is 0 Å². The number of nitrogens with zero attached hydrogens (tertiary/aromatic N) is 1. The number of anilines is 2. The van der Waals surface area contributed by atoms with Gasteiger partial charge in [-0.25, -0.2) is 12.7 Å². The molecule has 0 aliphatic carbocycles. The summed E-state index contributed by atoms with van der Waals surface area (Å²) in [6, 6.07) is 13.7. The molecule has 26 heavy (non-hydrogen) atoms. The second-order valence-electron chi connectivity index (χ2n) is 6.22. The predicted molar refractivity (Wildman–Crippen MR) is 105 cm³/mol. The lowest BCUT2D eigenvalue weighted by Crippen LogP contribution is -2.32. The first-order valence-electron chi connectivity index (χ1n) is 8.43. The smallest absolute Gasteiger partial charge is 0.246 e. The summed E-state index contributed by atoms with van der Waals surface area (Å²) in [6.07, 6.45) is 0.961. The molecule has 0 radical (unpaired) electrons. The number of nitrogens with one attached hydrogen (secondary N) is 2. The van der Waals surface area contributed by atoms with E-state index < -0.39 is 16.1 Å². The van der Waals surface area contributed by atoms with E-state index in [1.807, 2.05) is 24.3 Å². The van der Waals surface area contributed by atoms with E-state index in [0.29, 0.717) is 5.69 Å². The number of hydrogen-bond acceptors (Lipinski definition) is 4. The Kier molecular flexibility index (Phi) is 6.39. The molecule has 2 aromatic carbocycles. The zero-order valence-corrected chi connectivity index (χ0v) is 16.3. The fraction of sp³-hybridized carbons (Fsp3) is 0.316. The summed E-state index contributed by atoms with van der Waals surface area (Å²) < 4.78 is 25.5. The molecule has 0 bridgehead atoms. The highest BCUT2D eigenvalue weighted by Crippen LogP contribution is 2.18. The molecule has 2 aromatic rings. The molecule has 2 N–H and O–H groups in total. The standard InChI is InChI=1S/C19H25N3O3S/c1-5-15-9-11-16(12-10-15)20-14(2)19(23)21-17-7-6-8-18(13-17)26(24,25)22(3)4/h6-14,20H,5H2,1-4H3,(H,21,23)/t14-/m1/s1. The fourth-order valence-corrected chi connectivity index (χ4v) is 3.30. The van der Waals surface area contributed by atoms with Crippen molar-refractivity contribution in [2.24, 2.45) is 0 Å². The minimum absolute atomic E-state index is 0.135. The van der Waals surface area contributed by atoms with E-state index in [0.717, 1.165) is 16.4 Å². The zero-order valence-electron chi connectivity index (χ0n) is 15.5. The Morgan fingerprint density at radius 3 is 2.31 bits per heavy atom. The van der Waals surface area contributed by atoms with Gasteiger partial charge in [-0.2, -0.15) is 0 Å². The Labute approximate surface area is 155 Å². The van der Waals surface area contributed by atoms with Crippen LogP contribution in [-0.4, -0.2) is 38.8 Å². The Balaban J connectivity index is 2.06. The monoisotopic (exact) mass is 375 g/mol. The summed E-state index contributed by atoms with van der Waals surface area (Å²) in [7, 11) is -0.607. The van der Waals surface area contributed by atoms with Crippen molar-refractivity contribution < 1.29 is 13.2 Å². The molecular weight excluding hydrogens is 350 g/mol. The van der Waals surface area contributed by atoms with E-state index in [1.54, 1.807) is 19.1 Å². The predicted octanol–water partition coefficient (Wildman–Crippen LogP) is 2.94. The van der Waals surface area contributed by atoms with Crippen molar-refractivity contribution in [2.45, 2.75) is 31.2 Å². The molecule has 0 aromatic heterocycles. The lowest BCUT2D eigenvalue weighted by Gasteiger charge is -2.16. The molecule has 0 aliphatic heterocycles. The molecular formula is C19H25N3O3S. The van der Waals surface area contributed by atoms with Crippen LogP contribution in [0.15, 0.2) is 53.4 Å². The number of sulfonamides is 1. The van der Waals surface area contributed by atoms with Gasteiger partial charge >= 0.3 is 0 Å². The van der Waals surface area contributed by atoms with Crippen molar-refractivity contribution in [2.75, 3.05) is 24.7 Å². The van der Waals surface area contributed by atoms with E-state index in [-0.39, 0.29) is 10.8 Å².